The lowest BCUT2D eigenvalue weighted by atomic mass is 10.1. The minimum absolute atomic E-state index is 0.415. The zero-order valence-electron chi connectivity index (χ0n) is 11.2. The molecule has 0 bridgehead atoms. The van der Waals surface area contributed by atoms with Crippen LogP contribution in [0.1, 0.15) is 18.1 Å². The van der Waals surface area contributed by atoms with Gasteiger partial charge in [0.1, 0.15) is 0 Å². The van der Waals surface area contributed by atoms with Crippen LogP contribution in [0, 0.1) is 0 Å². The van der Waals surface area contributed by atoms with Gasteiger partial charge < -0.3 is 0 Å². The van der Waals surface area contributed by atoms with E-state index in [0.717, 1.165) is 0 Å². The van der Waals surface area contributed by atoms with Crippen LogP contribution in [0.15, 0.2) is 78.4 Å². The molecular formula is C18H15ClS. The zero-order chi connectivity index (χ0) is 13.9. The van der Waals surface area contributed by atoms with Crippen LogP contribution < -0.4 is 0 Å². The smallest absolute Gasteiger partial charge is 0.0245 e. The summed E-state index contributed by atoms with van der Waals surface area (Å²) in [5.41, 5.74) is 3.64. The summed E-state index contributed by atoms with van der Waals surface area (Å²) in [5, 5.41) is 0. The van der Waals surface area contributed by atoms with Crippen molar-refractivity contribution in [1.82, 2.24) is 0 Å². The van der Waals surface area contributed by atoms with Crippen LogP contribution in [0.25, 0.3) is 4.91 Å². The van der Waals surface area contributed by atoms with Gasteiger partial charge in [-0.1, -0.05) is 70.4 Å². The highest BCUT2D eigenvalue weighted by Crippen LogP contribution is 2.44. The molecule has 20 heavy (non-hydrogen) atoms. The second-order valence-corrected chi connectivity index (χ2v) is 7.07. The van der Waals surface area contributed by atoms with Crippen LogP contribution in [-0.2, 0) is 0 Å². The summed E-state index contributed by atoms with van der Waals surface area (Å²) in [6.45, 7) is 2.12. The summed E-state index contributed by atoms with van der Waals surface area (Å²) < 4.78 is 0. The third kappa shape index (κ3) is 2.65. The van der Waals surface area contributed by atoms with E-state index in [4.69, 9.17) is 10.7 Å². The first-order chi connectivity index (χ1) is 9.75. The molecule has 2 heteroatoms. The predicted octanol–water partition coefficient (Wildman–Crippen LogP) is 5.63. The van der Waals surface area contributed by atoms with Crippen molar-refractivity contribution in [3.05, 3.63) is 89.5 Å². The molecule has 0 nitrogen and oxygen atoms in total. The average molecular weight is 299 g/mol. The van der Waals surface area contributed by atoms with Crippen molar-refractivity contribution in [1.29, 1.82) is 0 Å². The SMILES string of the molecule is CC1=CC(c2ccccc2)=S(Cl)C(c2ccccc2)=C1. The van der Waals surface area contributed by atoms with Gasteiger partial charge in [-0.3, -0.25) is 0 Å². The first kappa shape index (κ1) is 13.4. The largest absolute Gasteiger partial charge is 0.0622 e. The van der Waals surface area contributed by atoms with E-state index in [1.165, 1.54) is 26.5 Å². The van der Waals surface area contributed by atoms with Gasteiger partial charge in [-0.15, -0.1) is 0 Å². The third-order valence-corrected chi connectivity index (χ3v) is 5.70. The van der Waals surface area contributed by atoms with Crippen molar-refractivity contribution in [2.45, 2.75) is 6.92 Å². The van der Waals surface area contributed by atoms with E-state index in [0.29, 0.717) is 0 Å². The maximum absolute atomic E-state index is 6.76. The molecule has 1 unspecified atom stereocenters. The summed E-state index contributed by atoms with van der Waals surface area (Å²) in [6.07, 6.45) is 4.38. The summed E-state index contributed by atoms with van der Waals surface area (Å²) >= 11 is 0. The summed E-state index contributed by atoms with van der Waals surface area (Å²) in [7, 11) is 6.35. The summed E-state index contributed by atoms with van der Waals surface area (Å²) in [5.74, 6) is 0. The molecule has 1 atom stereocenters. The molecule has 0 amide bonds. The van der Waals surface area contributed by atoms with Crippen LogP contribution in [0.4, 0.5) is 0 Å². The highest BCUT2D eigenvalue weighted by Gasteiger charge is 2.15. The van der Waals surface area contributed by atoms with Crippen molar-refractivity contribution < 1.29 is 0 Å². The molecule has 0 N–H and O–H groups in total. The van der Waals surface area contributed by atoms with Crippen molar-refractivity contribution in [2.24, 2.45) is 0 Å². The maximum Gasteiger partial charge on any atom is 0.0245 e. The van der Waals surface area contributed by atoms with Gasteiger partial charge in [0, 0.05) is 9.77 Å². The first-order valence-corrected chi connectivity index (χ1v) is 8.59. The number of rotatable bonds is 2. The van der Waals surface area contributed by atoms with Crippen molar-refractivity contribution in [3.63, 3.8) is 0 Å². The van der Waals surface area contributed by atoms with Gasteiger partial charge >= 0.3 is 0 Å². The maximum atomic E-state index is 6.76. The van der Waals surface area contributed by atoms with Crippen LogP contribution >= 0.6 is 20.4 Å². The van der Waals surface area contributed by atoms with E-state index >= 15 is 0 Å². The molecule has 0 aliphatic carbocycles. The Kier molecular flexibility index (Phi) is 3.90. The molecule has 0 fully saturated rings. The molecule has 0 spiro atoms. The fraction of sp³-hybridized carbons (Fsp3) is 0.0556. The van der Waals surface area contributed by atoms with Gasteiger partial charge in [0.05, 0.1) is 0 Å². The van der Waals surface area contributed by atoms with Gasteiger partial charge in [-0.2, -0.15) is 0 Å². The highest BCUT2D eigenvalue weighted by atomic mass is 35.7. The lowest BCUT2D eigenvalue weighted by Gasteiger charge is -2.17. The monoisotopic (exact) mass is 298 g/mol. The quantitative estimate of drug-likeness (QED) is 0.630. The minimum Gasteiger partial charge on any atom is -0.0622 e. The van der Waals surface area contributed by atoms with Crippen LogP contribution in [0.3, 0.4) is 0 Å². The van der Waals surface area contributed by atoms with E-state index in [1.807, 2.05) is 12.1 Å². The molecule has 0 saturated carbocycles. The average Bonchev–Trinajstić information content (AvgIpc) is 2.51. The van der Waals surface area contributed by atoms with Crippen LogP contribution in [0.5, 0.6) is 0 Å². The second-order valence-electron chi connectivity index (χ2n) is 4.75. The number of hydrogen-bond acceptors (Lipinski definition) is 0. The number of benzene rings is 2. The Bertz CT molecular complexity index is 710. The van der Waals surface area contributed by atoms with Crippen LogP contribution in [-0.4, -0.2) is 4.86 Å². The van der Waals surface area contributed by atoms with E-state index < -0.39 is 9.70 Å². The van der Waals surface area contributed by atoms with Gasteiger partial charge in [0.15, 0.2) is 0 Å². The molecule has 3 rings (SSSR count). The van der Waals surface area contributed by atoms with Crippen molar-refractivity contribution >= 4 is 30.1 Å². The predicted molar refractivity (Wildman–Crippen MR) is 92.2 cm³/mol. The van der Waals surface area contributed by atoms with Crippen molar-refractivity contribution in [2.75, 3.05) is 0 Å². The highest BCUT2D eigenvalue weighted by molar-refractivity contribution is 8.41. The van der Waals surface area contributed by atoms with Gasteiger partial charge in [0.25, 0.3) is 0 Å². The normalized spacial score (nSPS) is 18.5. The Morgan fingerprint density at radius 2 is 1.30 bits per heavy atom. The molecule has 0 saturated heterocycles. The molecule has 0 radical (unpaired) electrons. The van der Waals surface area contributed by atoms with Crippen molar-refractivity contribution in [3.8, 4) is 0 Å². The van der Waals surface area contributed by atoms with E-state index in [1.54, 1.807) is 0 Å². The first-order valence-electron chi connectivity index (χ1n) is 6.54. The lowest BCUT2D eigenvalue weighted by molar-refractivity contribution is 1.53. The Hall–Kier alpha value is -1.57. The molecule has 2 aromatic carbocycles. The third-order valence-electron chi connectivity index (χ3n) is 3.22. The molecule has 1 aliphatic heterocycles. The Morgan fingerprint density at radius 1 is 0.750 bits per heavy atom. The topological polar surface area (TPSA) is 0 Å². The number of hydrogen-bond donors (Lipinski definition) is 0. The zero-order valence-corrected chi connectivity index (χ0v) is 12.8. The second kappa shape index (κ2) is 5.82. The lowest BCUT2D eigenvalue weighted by Crippen LogP contribution is -2.01. The Morgan fingerprint density at radius 3 is 1.90 bits per heavy atom. The van der Waals surface area contributed by atoms with E-state index in [9.17, 15) is 0 Å². The Labute approximate surface area is 126 Å². The van der Waals surface area contributed by atoms with E-state index in [2.05, 4.69) is 67.6 Å². The molecule has 1 heterocycles. The fourth-order valence-electron chi connectivity index (χ4n) is 2.26. The molecule has 2 aromatic rings. The standard InChI is InChI=1S/C18H15ClS/c1-14-12-17(15-8-4-2-5-9-15)20(19)18(13-14)16-10-6-3-7-11-16/h2-13H,1H3. The van der Waals surface area contributed by atoms with Gasteiger partial charge in [0.2, 0.25) is 0 Å². The van der Waals surface area contributed by atoms with Gasteiger partial charge in [-0.25, -0.2) is 0 Å². The van der Waals surface area contributed by atoms with E-state index in [-0.39, 0.29) is 0 Å². The number of allylic oxidation sites excluding steroid dienone is 3. The fourth-order valence-corrected chi connectivity index (χ4v) is 4.56. The summed E-state index contributed by atoms with van der Waals surface area (Å²) in [6, 6.07) is 20.8. The van der Waals surface area contributed by atoms with Gasteiger partial charge in [-0.05, 0) is 46.5 Å². The minimum atomic E-state index is -0.415. The molecule has 1 aliphatic rings. The molecule has 0 aromatic heterocycles. The summed E-state index contributed by atoms with van der Waals surface area (Å²) in [4.78, 5) is 2.40. The Balaban J connectivity index is 2.14. The molecule has 100 valence electrons. The van der Waals surface area contributed by atoms with Crippen LogP contribution in [0.2, 0.25) is 0 Å². The number of halogens is 1. The molecular weight excluding hydrogens is 284 g/mol.